The monoisotopic (exact) mass is 1380 g/mol. The molecule has 30 fully saturated rings. The SMILES string of the molecule is O=P(O)(O)OC[C@H]1O[C@@H]2O[C@H]3[C@@H](O)[C@H](O)[C@@H](O[C@H]4[C@@H](O)[C@H](O)[C@@H](O[C@H]5[C@@H](O)[C@H](O)[C@@H](O[C@H]6[C@@H](O)[C@H](O)[C@@H](O[C@H]7[C@H](O)[C@@H](O)[C@@H](O[C@H]8[C@H](O)[C@@H](O)[C@@H](O[C@H]9[C@H](O)[C@@H](O)[C@@H](O[C@H]1[C@H](O)[C@H]2O)O[C@@H]9CO)O[C@@H]8CO)O[C@@H]7CO)O[C@@H]6CO)O[C@@H]5CO)O[C@@H]4CO)O[C@@H]3CO. The Kier molecular flexibility index (Phi) is 25.5. The predicted octanol–water partition coefficient (Wildman–Crippen LogP) is -17.3. The lowest BCUT2D eigenvalue weighted by Gasteiger charge is -2.50. The van der Waals surface area contributed by atoms with Crippen LogP contribution in [0.15, 0.2) is 0 Å². The minimum absolute atomic E-state index is 1.10. The zero-order valence-electron chi connectivity index (χ0n) is 47.7. The molecule has 0 amide bonds. The molecule has 30 rings (SSSR count). The van der Waals surface area contributed by atoms with Crippen LogP contribution in [-0.4, -0.2) is 426 Å². The van der Waals surface area contributed by atoms with Crippen LogP contribution in [0.1, 0.15) is 0 Å². The zero-order valence-corrected chi connectivity index (χ0v) is 48.6. The molecule has 0 aromatic heterocycles. The number of rotatable bonds is 10. The largest absolute Gasteiger partial charge is 0.469 e. The lowest BCUT2D eigenvalue weighted by atomic mass is 9.94. The van der Waals surface area contributed by atoms with Crippen LogP contribution < -0.4 is 0 Å². The van der Waals surface area contributed by atoms with E-state index in [1.807, 2.05) is 0 Å². The zero-order chi connectivity index (χ0) is 67.3. The molecule has 43 nitrogen and oxygen atoms in total. The summed E-state index contributed by atoms with van der Waals surface area (Å²) in [6.07, 6.45) is -85.0. The maximum Gasteiger partial charge on any atom is 0.469 e. The average molecular weight is 1380 g/mol. The second-order valence-electron chi connectivity index (χ2n) is 23.1. The fraction of sp³-hybridized carbons (Fsp3) is 1.00. The van der Waals surface area contributed by atoms with Crippen LogP contribution in [0, 0.1) is 0 Å². The Hall–Kier alpha value is -1.45. The Morgan fingerprint density at radius 1 is 0.217 bits per heavy atom. The van der Waals surface area contributed by atoms with Gasteiger partial charge in [-0.25, -0.2) is 4.57 Å². The number of phosphoric ester groups is 1. The van der Waals surface area contributed by atoms with Crippen molar-refractivity contribution in [2.75, 3.05) is 52.9 Å². The predicted molar refractivity (Wildman–Crippen MR) is 272 cm³/mol. The first kappa shape index (κ1) is 74.8. The van der Waals surface area contributed by atoms with Crippen LogP contribution in [0.4, 0.5) is 0 Å². The van der Waals surface area contributed by atoms with Gasteiger partial charge in [0.1, 0.15) is 195 Å². The first-order valence-electron chi connectivity index (χ1n) is 28.9. The van der Waals surface area contributed by atoms with E-state index >= 15 is 0 Å². The van der Waals surface area contributed by atoms with Gasteiger partial charge in [-0.15, -0.1) is 0 Å². The summed E-state index contributed by atoms with van der Waals surface area (Å²) in [4.78, 5) is 19.2. The normalized spacial score (nSPS) is 53.7. The molecular formula is C48H81O43P. The molecule has 30 aliphatic rings. The quantitative estimate of drug-likeness (QED) is 0.0903. The highest BCUT2D eigenvalue weighted by atomic mass is 31.2. The van der Waals surface area contributed by atoms with Crippen molar-refractivity contribution in [3.8, 4) is 0 Å². The molecule has 0 aromatic rings. The summed E-state index contributed by atoms with van der Waals surface area (Å²) in [5.74, 6) is 0. The summed E-state index contributed by atoms with van der Waals surface area (Å²) in [6.45, 7) is -9.15. The molecule has 0 saturated carbocycles. The summed E-state index contributed by atoms with van der Waals surface area (Å²) in [5.41, 5.74) is 0. The van der Waals surface area contributed by atoms with E-state index in [0.29, 0.717) is 0 Å². The van der Waals surface area contributed by atoms with Crippen LogP contribution in [0.3, 0.4) is 0 Å². The molecular weight excluding hydrogens is 1300 g/mol. The Labute approximate surface area is 517 Å². The highest BCUT2D eigenvalue weighted by Gasteiger charge is 2.60. The van der Waals surface area contributed by atoms with Crippen molar-refractivity contribution in [3.63, 3.8) is 0 Å². The Morgan fingerprint density at radius 2 is 0.348 bits per heavy atom. The molecule has 0 spiro atoms. The maximum absolute atomic E-state index is 12.0. The van der Waals surface area contributed by atoms with Gasteiger partial charge < -0.3 is 203 Å². The Morgan fingerprint density at radius 3 is 0.478 bits per heavy atom. The number of hydrogen-bond acceptors (Lipinski definition) is 41. The summed E-state index contributed by atoms with van der Waals surface area (Å²) < 4.78 is 108. The number of aliphatic hydroxyl groups excluding tert-OH is 23. The minimum Gasteiger partial charge on any atom is -0.394 e. The fourth-order valence-electron chi connectivity index (χ4n) is 12.1. The molecule has 0 radical (unpaired) electrons. The lowest BCUT2D eigenvalue weighted by Crippen LogP contribution is -2.69. The van der Waals surface area contributed by atoms with E-state index in [9.17, 15) is 132 Å². The van der Waals surface area contributed by atoms with Crippen LogP contribution in [0.2, 0.25) is 0 Å². The topological polar surface area (TPSA) is 680 Å². The number of ether oxygens (including phenoxy) is 16. The van der Waals surface area contributed by atoms with Gasteiger partial charge in [-0.2, -0.15) is 0 Å². The molecule has 0 unspecified atom stereocenters. The smallest absolute Gasteiger partial charge is 0.394 e. The molecule has 30 aliphatic heterocycles. The van der Waals surface area contributed by atoms with Crippen LogP contribution in [-0.2, 0) is 84.9 Å². The van der Waals surface area contributed by atoms with Crippen LogP contribution in [0.25, 0.3) is 0 Å². The number of hydrogen-bond donors (Lipinski definition) is 25. The van der Waals surface area contributed by atoms with Crippen molar-refractivity contribution in [1.29, 1.82) is 0 Å². The second-order valence-corrected chi connectivity index (χ2v) is 24.3. The third kappa shape index (κ3) is 15.3. The van der Waals surface area contributed by atoms with E-state index in [-0.39, 0.29) is 0 Å². The van der Waals surface area contributed by atoms with Gasteiger partial charge in [0.2, 0.25) is 0 Å². The molecule has 25 N–H and O–H groups in total. The molecule has 16 bridgehead atoms. The summed E-state index contributed by atoms with van der Waals surface area (Å²) >= 11 is 0. The van der Waals surface area contributed by atoms with Gasteiger partial charge in [-0.1, -0.05) is 0 Å². The third-order valence-corrected chi connectivity index (χ3v) is 17.6. The van der Waals surface area contributed by atoms with Gasteiger partial charge in [-0.3, -0.25) is 4.52 Å². The third-order valence-electron chi connectivity index (χ3n) is 17.1. The van der Waals surface area contributed by atoms with E-state index in [1.54, 1.807) is 0 Å². The van der Waals surface area contributed by atoms with Crippen molar-refractivity contribution in [1.82, 2.24) is 0 Å². The first-order valence-corrected chi connectivity index (χ1v) is 30.4. The van der Waals surface area contributed by atoms with Crippen molar-refractivity contribution in [2.45, 2.75) is 246 Å². The van der Waals surface area contributed by atoms with Gasteiger partial charge >= 0.3 is 7.82 Å². The van der Waals surface area contributed by atoms with Crippen LogP contribution >= 0.6 is 7.82 Å². The molecule has 40 atom stereocenters. The van der Waals surface area contributed by atoms with E-state index in [4.69, 9.17) is 75.8 Å². The second kappa shape index (κ2) is 31.4. The molecule has 44 heteroatoms. The summed E-state index contributed by atoms with van der Waals surface area (Å²) in [6, 6.07) is 0. The Balaban J connectivity index is 0.993. The van der Waals surface area contributed by atoms with Crippen molar-refractivity contribution < 1.29 is 212 Å². The fourth-order valence-corrected chi connectivity index (χ4v) is 12.4. The van der Waals surface area contributed by atoms with E-state index in [0.717, 1.165) is 0 Å². The average Bonchev–Trinajstić information content (AvgIpc) is 0.784. The summed E-state index contributed by atoms with van der Waals surface area (Å²) in [5, 5.41) is 255. The van der Waals surface area contributed by atoms with E-state index in [1.165, 1.54) is 0 Å². The highest BCUT2D eigenvalue weighted by Crippen LogP contribution is 2.42. The molecule has 0 aliphatic carbocycles. The molecule has 30 saturated heterocycles. The van der Waals surface area contributed by atoms with Gasteiger partial charge in [0.25, 0.3) is 0 Å². The van der Waals surface area contributed by atoms with Gasteiger partial charge in [-0.05, 0) is 0 Å². The van der Waals surface area contributed by atoms with Crippen molar-refractivity contribution in [3.05, 3.63) is 0 Å². The maximum atomic E-state index is 12.0. The Bertz CT molecular complexity index is 2320. The summed E-state index contributed by atoms with van der Waals surface area (Å²) in [7, 11) is -5.47. The number of phosphoric acid groups is 1. The van der Waals surface area contributed by atoms with E-state index < -0.39 is 306 Å². The van der Waals surface area contributed by atoms with Gasteiger partial charge in [0, 0.05) is 0 Å². The van der Waals surface area contributed by atoms with Crippen LogP contribution in [0.5, 0.6) is 0 Å². The first-order chi connectivity index (χ1) is 43.5. The van der Waals surface area contributed by atoms with Crippen molar-refractivity contribution in [2.24, 2.45) is 0 Å². The molecule has 0 aromatic carbocycles. The van der Waals surface area contributed by atoms with Gasteiger partial charge in [0.05, 0.1) is 52.9 Å². The van der Waals surface area contributed by atoms with E-state index in [2.05, 4.69) is 4.52 Å². The van der Waals surface area contributed by atoms with Crippen molar-refractivity contribution >= 4 is 7.82 Å². The minimum atomic E-state index is -5.47. The number of aliphatic hydroxyl groups is 23. The highest BCUT2D eigenvalue weighted by molar-refractivity contribution is 7.46. The standard InChI is InChI=1S/C48H81O43P/c49-1-9-33-17(56)25(64)41(76-9)85-34-10(2-50)78-43(27(66)19(34)58)87-36-12(4-52)80-45(29(68)21(36)60)89-38-14(6-54)82-47(31(70)23(38)62)91-40-16(8-75-92(72,73)74)83-48(32(71)24(40)63)90-39-15(7-55)81-46(30(69)22(39)61)88-37-13(5-53)79-44(28(67)20(37)59)86-35-11(3-51)77-42(84-33)26(65)18(35)57/h9-71H,1-8H2,(H2,72,73,74)/t9-,10-,11-,12-,13-,14-,15-,16-,17+,18+,19-,20+,21-,22+,23-,24-,25+,26+,27-,28+,29-,30+,31-,32-,33-,34-,35-,36-,37-,38-,39-,40-,41-,42-,43-,44-,45-,46-,47-,48-/m1/s1. The lowest BCUT2D eigenvalue weighted by molar-refractivity contribution is -0.404. The molecule has 536 valence electrons. The molecule has 30 heterocycles. The molecule has 92 heavy (non-hydrogen) atoms. The van der Waals surface area contributed by atoms with Gasteiger partial charge in [0.15, 0.2) is 50.3 Å².